The Morgan fingerprint density at radius 1 is 1.43 bits per heavy atom. The Labute approximate surface area is 80.4 Å². The highest BCUT2D eigenvalue weighted by atomic mass is 19.4. The largest absolute Gasteiger partial charge is 0.490 e. The molecule has 84 valence electrons. The highest BCUT2D eigenvalue weighted by molar-refractivity contribution is 5.75. The molecule has 0 rings (SSSR count). The van der Waals surface area contributed by atoms with E-state index in [2.05, 4.69) is 4.74 Å². The summed E-state index contributed by atoms with van der Waals surface area (Å²) in [7, 11) is 0. The lowest BCUT2D eigenvalue weighted by Crippen LogP contribution is -2.25. The maximum Gasteiger partial charge on any atom is 0.490 e. The van der Waals surface area contributed by atoms with Crippen molar-refractivity contribution in [3.05, 3.63) is 0 Å². The maximum atomic E-state index is 11.6. The Morgan fingerprint density at radius 2 is 2.00 bits per heavy atom. The number of unbranched alkanes of at least 4 members (excludes halogenated alkanes) is 1. The number of alkyl halides is 3. The molecule has 0 heterocycles. The van der Waals surface area contributed by atoms with Gasteiger partial charge in [-0.2, -0.15) is 13.2 Å². The van der Waals surface area contributed by atoms with E-state index in [1.807, 2.05) is 6.92 Å². The normalized spacial score (nSPS) is 13.8. The molecule has 0 aliphatic heterocycles. The monoisotopic (exact) mass is 213 g/mol. The second kappa shape index (κ2) is 5.85. The molecule has 0 unspecified atom stereocenters. The van der Waals surface area contributed by atoms with E-state index in [0.29, 0.717) is 19.3 Å². The van der Waals surface area contributed by atoms with Gasteiger partial charge in [-0.05, 0) is 26.2 Å². The number of carbonyl (C=O) groups is 1. The summed E-state index contributed by atoms with van der Waals surface area (Å²) in [5, 5.41) is 0. The minimum atomic E-state index is -4.89. The van der Waals surface area contributed by atoms with Gasteiger partial charge in [0.2, 0.25) is 0 Å². The molecule has 1 atom stereocenters. The van der Waals surface area contributed by atoms with Crippen LogP contribution >= 0.6 is 0 Å². The average molecular weight is 213 g/mol. The number of nitrogens with two attached hydrogens (primary N) is 1. The predicted molar refractivity (Wildman–Crippen MR) is 44.5 cm³/mol. The van der Waals surface area contributed by atoms with Gasteiger partial charge in [0.05, 0.1) is 6.61 Å². The summed E-state index contributed by atoms with van der Waals surface area (Å²) in [4.78, 5) is 10.2. The third-order valence-corrected chi connectivity index (χ3v) is 1.52. The Morgan fingerprint density at radius 3 is 2.43 bits per heavy atom. The van der Waals surface area contributed by atoms with Crippen LogP contribution in [0.4, 0.5) is 13.2 Å². The van der Waals surface area contributed by atoms with E-state index in [-0.39, 0.29) is 12.6 Å². The van der Waals surface area contributed by atoms with Gasteiger partial charge < -0.3 is 10.5 Å². The summed E-state index contributed by atoms with van der Waals surface area (Å²) in [6, 6.07) is 0.0216. The molecular weight excluding hydrogens is 199 g/mol. The number of carbonyl (C=O) groups excluding carboxylic acids is 1. The molecule has 3 nitrogen and oxygen atoms in total. The standard InChI is InChI=1S/C8H14F3NO2/c1-6(12)4-2-3-5-14-7(13)8(9,10)11/h6H,2-5,12H2,1H3/t6-/m1/s1. The second-order valence-electron chi connectivity index (χ2n) is 3.11. The third-order valence-electron chi connectivity index (χ3n) is 1.52. The van der Waals surface area contributed by atoms with Gasteiger partial charge in [0.15, 0.2) is 0 Å². The van der Waals surface area contributed by atoms with Crippen molar-refractivity contribution in [1.29, 1.82) is 0 Å². The zero-order valence-electron chi connectivity index (χ0n) is 7.93. The average Bonchev–Trinajstić information content (AvgIpc) is 2.01. The van der Waals surface area contributed by atoms with Crippen molar-refractivity contribution in [3.63, 3.8) is 0 Å². The molecule has 0 fully saturated rings. The van der Waals surface area contributed by atoms with Gasteiger partial charge in [-0.25, -0.2) is 4.79 Å². The minimum absolute atomic E-state index is 0.0216. The van der Waals surface area contributed by atoms with Crippen LogP contribution in [0.15, 0.2) is 0 Å². The predicted octanol–water partition coefficient (Wildman–Crippen LogP) is 1.61. The summed E-state index contributed by atoms with van der Waals surface area (Å²) in [5.41, 5.74) is 5.42. The highest BCUT2D eigenvalue weighted by Crippen LogP contribution is 2.16. The van der Waals surface area contributed by atoms with E-state index in [0.717, 1.165) is 0 Å². The van der Waals surface area contributed by atoms with Crippen LogP contribution in [-0.2, 0) is 9.53 Å². The van der Waals surface area contributed by atoms with Crippen LogP contribution in [0.1, 0.15) is 26.2 Å². The van der Waals surface area contributed by atoms with Gasteiger partial charge in [0.25, 0.3) is 0 Å². The molecule has 0 bridgehead atoms. The van der Waals surface area contributed by atoms with Crippen LogP contribution in [0.25, 0.3) is 0 Å². The number of halogens is 3. The van der Waals surface area contributed by atoms with E-state index in [9.17, 15) is 18.0 Å². The molecule has 0 spiro atoms. The van der Waals surface area contributed by atoms with Crippen LogP contribution in [0.2, 0.25) is 0 Å². The Kier molecular flexibility index (Phi) is 5.52. The first-order valence-electron chi connectivity index (χ1n) is 4.33. The molecule has 2 N–H and O–H groups in total. The van der Waals surface area contributed by atoms with Gasteiger partial charge in [-0.1, -0.05) is 0 Å². The molecular formula is C8H14F3NO2. The van der Waals surface area contributed by atoms with E-state index in [1.165, 1.54) is 0 Å². The quantitative estimate of drug-likeness (QED) is 0.557. The van der Waals surface area contributed by atoms with Crippen molar-refractivity contribution in [3.8, 4) is 0 Å². The lowest BCUT2D eigenvalue weighted by Gasteiger charge is -2.07. The number of ether oxygens (including phenoxy) is 1. The van der Waals surface area contributed by atoms with E-state index in [1.54, 1.807) is 0 Å². The maximum absolute atomic E-state index is 11.6. The van der Waals surface area contributed by atoms with Crippen molar-refractivity contribution < 1.29 is 22.7 Å². The fraction of sp³-hybridized carbons (Fsp3) is 0.875. The molecule has 0 aromatic carbocycles. The number of rotatable bonds is 5. The first-order chi connectivity index (χ1) is 6.34. The van der Waals surface area contributed by atoms with Crippen LogP contribution in [0.5, 0.6) is 0 Å². The van der Waals surface area contributed by atoms with Gasteiger partial charge in [-0.15, -0.1) is 0 Å². The van der Waals surface area contributed by atoms with Crippen molar-refractivity contribution in [1.82, 2.24) is 0 Å². The third kappa shape index (κ3) is 6.71. The van der Waals surface area contributed by atoms with Crippen molar-refractivity contribution in [2.24, 2.45) is 5.73 Å². The van der Waals surface area contributed by atoms with E-state index in [4.69, 9.17) is 5.73 Å². The molecule has 14 heavy (non-hydrogen) atoms. The number of hydrogen-bond acceptors (Lipinski definition) is 3. The number of esters is 1. The van der Waals surface area contributed by atoms with Crippen LogP contribution in [0.3, 0.4) is 0 Å². The van der Waals surface area contributed by atoms with Gasteiger partial charge in [-0.3, -0.25) is 0 Å². The van der Waals surface area contributed by atoms with E-state index < -0.39 is 12.1 Å². The van der Waals surface area contributed by atoms with Crippen molar-refractivity contribution in [2.45, 2.75) is 38.4 Å². The first kappa shape index (κ1) is 13.2. The van der Waals surface area contributed by atoms with Crippen LogP contribution in [-0.4, -0.2) is 24.8 Å². The SMILES string of the molecule is C[C@@H](N)CCCCOC(=O)C(F)(F)F. The van der Waals surface area contributed by atoms with Gasteiger partial charge in [0.1, 0.15) is 0 Å². The Bertz CT molecular complexity index is 180. The minimum Gasteiger partial charge on any atom is -0.459 e. The smallest absolute Gasteiger partial charge is 0.459 e. The molecule has 6 heteroatoms. The van der Waals surface area contributed by atoms with Gasteiger partial charge >= 0.3 is 12.1 Å². The highest BCUT2D eigenvalue weighted by Gasteiger charge is 2.40. The summed E-state index contributed by atoms with van der Waals surface area (Å²) in [6.07, 6.45) is -3.11. The zero-order chi connectivity index (χ0) is 11.2. The molecule has 0 aromatic rings. The lowest BCUT2D eigenvalue weighted by atomic mass is 10.1. The molecule has 0 saturated carbocycles. The van der Waals surface area contributed by atoms with Crippen LogP contribution in [0, 0.1) is 0 Å². The summed E-state index contributed by atoms with van der Waals surface area (Å²) in [6.45, 7) is 1.60. The molecule has 0 amide bonds. The Hall–Kier alpha value is -0.780. The molecule has 0 aliphatic carbocycles. The lowest BCUT2D eigenvalue weighted by molar-refractivity contribution is -0.199. The van der Waals surface area contributed by atoms with Crippen molar-refractivity contribution >= 4 is 5.97 Å². The summed E-state index contributed by atoms with van der Waals surface area (Å²) in [5.74, 6) is -2.13. The van der Waals surface area contributed by atoms with Crippen LogP contribution < -0.4 is 5.73 Å². The molecule has 0 radical (unpaired) electrons. The van der Waals surface area contributed by atoms with Crippen molar-refractivity contribution in [2.75, 3.05) is 6.61 Å². The summed E-state index contributed by atoms with van der Waals surface area (Å²) >= 11 is 0. The fourth-order valence-corrected chi connectivity index (χ4v) is 0.815. The summed E-state index contributed by atoms with van der Waals surface area (Å²) < 4.78 is 38.8. The topological polar surface area (TPSA) is 52.3 Å². The zero-order valence-corrected chi connectivity index (χ0v) is 7.93. The van der Waals surface area contributed by atoms with E-state index >= 15 is 0 Å². The second-order valence-corrected chi connectivity index (χ2v) is 3.11. The first-order valence-corrected chi connectivity index (χ1v) is 4.33. The fourth-order valence-electron chi connectivity index (χ4n) is 0.815. The molecule has 0 aliphatic rings. The number of hydrogen-bond donors (Lipinski definition) is 1. The Balaban J connectivity index is 3.42. The van der Waals surface area contributed by atoms with Gasteiger partial charge in [0, 0.05) is 6.04 Å². The molecule has 0 aromatic heterocycles. The molecule has 0 saturated heterocycles.